The van der Waals surface area contributed by atoms with Crippen LogP contribution in [0.15, 0.2) is 0 Å². The van der Waals surface area contributed by atoms with E-state index in [0.717, 1.165) is 12.8 Å². The second kappa shape index (κ2) is 2.38. The van der Waals surface area contributed by atoms with Crippen LogP contribution in [0, 0.1) is 5.92 Å². The summed E-state index contributed by atoms with van der Waals surface area (Å²) in [7, 11) is 0. The van der Waals surface area contributed by atoms with Crippen molar-refractivity contribution in [1.82, 2.24) is 5.32 Å². The molecule has 52 valence electrons. The van der Waals surface area contributed by atoms with E-state index < -0.39 is 0 Å². The third-order valence-corrected chi connectivity index (χ3v) is 1.83. The molecule has 1 rings (SSSR count). The number of carbonyl (C=O) groups excluding carboxylic acids is 1. The summed E-state index contributed by atoms with van der Waals surface area (Å²) in [6, 6.07) is 0.442. The lowest BCUT2D eigenvalue weighted by Crippen LogP contribution is -2.29. The minimum absolute atomic E-state index is 0.216. The standard InChI is InChI=1S/C7H13NO/c1-5(2)6-3-4-7(9)8-6/h5-6H,3-4H2,1-2H3,(H,8,9)/t6-/m0/s1. The normalized spacial score (nSPS) is 27.0. The van der Waals surface area contributed by atoms with Crippen molar-refractivity contribution in [3.8, 4) is 0 Å². The molecule has 1 aliphatic rings. The Balaban J connectivity index is 2.39. The van der Waals surface area contributed by atoms with E-state index in [0.29, 0.717) is 12.0 Å². The van der Waals surface area contributed by atoms with E-state index in [2.05, 4.69) is 19.2 Å². The summed E-state index contributed by atoms with van der Waals surface area (Å²) in [5.74, 6) is 0.810. The first-order chi connectivity index (χ1) is 4.20. The molecular weight excluding hydrogens is 114 g/mol. The SMILES string of the molecule is CC(C)[C@@H]1CCC(=O)N1. The van der Waals surface area contributed by atoms with Gasteiger partial charge >= 0.3 is 0 Å². The Morgan fingerprint density at radius 1 is 1.67 bits per heavy atom. The van der Waals surface area contributed by atoms with E-state index in [4.69, 9.17) is 0 Å². The molecule has 0 bridgehead atoms. The van der Waals surface area contributed by atoms with Gasteiger partial charge in [0.05, 0.1) is 0 Å². The highest BCUT2D eigenvalue weighted by Crippen LogP contribution is 2.13. The Labute approximate surface area is 55.6 Å². The molecule has 1 heterocycles. The van der Waals surface area contributed by atoms with E-state index in [1.807, 2.05) is 0 Å². The molecule has 0 saturated carbocycles. The average Bonchev–Trinajstić information content (AvgIpc) is 2.14. The van der Waals surface area contributed by atoms with Gasteiger partial charge in [0, 0.05) is 12.5 Å². The van der Waals surface area contributed by atoms with Crippen molar-refractivity contribution in [2.75, 3.05) is 0 Å². The minimum Gasteiger partial charge on any atom is -0.353 e. The number of amides is 1. The zero-order valence-corrected chi connectivity index (χ0v) is 5.98. The summed E-state index contributed by atoms with van der Waals surface area (Å²) in [4.78, 5) is 10.6. The molecule has 2 nitrogen and oxygen atoms in total. The van der Waals surface area contributed by atoms with Crippen LogP contribution >= 0.6 is 0 Å². The van der Waals surface area contributed by atoms with Crippen LogP contribution in [0.1, 0.15) is 26.7 Å². The van der Waals surface area contributed by atoms with Gasteiger partial charge in [0.25, 0.3) is 0 Å². The highest BCUT2D eigenvalue weighted by atomic mass is 16.1. The van der Waals surface area contributed by atoms with E-state index >= 15 is 0 Å². The van der Waals surface area contributed by atoms with Crippen molar-refractivity contribution in [3.05, 3.63) is 0 Å². The third-order valence-electron chi connectivity index (χ3n) is 1.83. The number of carbonyl (C=O) groups is 1. The van der Waals surface area contributed by atoms with Gasteiger partial charge in [-0.15, -0.1) is 0 Å². The smallest absolute Gasteiger partial charge is 0.220 e. The van der Waals surface area contributed by atoms with Gasteiger partial charge in [0.2, 0.25) is 5.91 Å². The zero-order chi connectivity index (χ0) is 6.85. The van der Waals surface area contributed by atoms with E-state index in [-0.39, 0.29) is 5.91 Å². The van der Waals surface area contributed by atoms with E-state index in [1.54, 1.807) is 0 Å². The zero-order valence-electron chi connectivity index (χ0n) is 5.98. The van der Waals surface area contributed by atoms with Gasteiger partial charge in [-0.25, -0.2) is 0 Å². The molecule has 2 heteroatoms. The largest absolute Gasteiger partial charge is 0.353 e. The quantitative estimate of drug-likeness (QED) is 0.557. The monoisotopic (exact) mass is 127 g/mol. The second-order valence-electron chi connectivity index (χ2n) is 2.96. The summed E-state index contributed by atoms with van der Waals surface area (Å²) in [6.45, 7) is 4.27. The molecule has 1 amide bonds. The fourth-order valence-corrected chi connectivity index (χ4v) is 1.14. The van der Waals surface area contributed by atoms with E-state index in [1.165, 1.54) is 0 Å². The highest BCUT2D eigenvalue weighted by molar-refractivity contribution is 5.78. The van der Waals surface area contributed by atoms with Crippen LogP contribution in [-0.4, -0.2) is 11.9 Å². The van der Waals surface area contributed by atoms with Gasteiger partial charge in [-0.2, -0.15) is 0 Å². The Morgan fingerprint density at radius 3 is 2.56 bits per heavy atom. The third kappa shape index (κ3) is 1.44. The van der Waals surface area contributed by atoms with Gasteiger partial charge in [-0.05, 0) is 12.3 Å². The summed E-state index contributed by atoms with van der Waals surface area (Å²) < 4.78 is 0. The molecule has 0 aliphatic carbocycles. The first-order valence-corrected chi connectivity index (χ1v) is 3.49. The van der Waals surface area contributed by atoms with Gasteiger partial charge in [-0.3, -0.25) is 4.79 Å². The van der Waals surface area contributed by atoms with Crippen molar-refractivity contribution >= 4 is 5.91 Å². The molecule has 1 fully saturated rings. The van der Waals surface area contributed by atoms with Crippen molar-refractivity contribution in [2.24, 2.45) is 5.92 Å². The molecule has 9 heavy (non-hydrogen) atoms. The highest BCUT2D eigenvalue weighted by Gasteiger charge is 2.22. The first kappa shape index (κ1) is 6.59. The number of rotatable bonds is 1. The van der Waals surface area contributed by atoms with Crippen LogP contribution in [0.5, 0.6) is 0 Å². The first-order valence-electron chi connectivity index (χ1n) is 3.49. The Hall–Kier alpha value is -0.530. The summed E-state index contributed by atoms with van der Waals surface area (Å²) in [6.07, 6.45) is 1.75. The van der Waals surface area contributed by atoms with Crippen molar-refractivity contribution in [1.29, 1.82) is 0 Å². The minimum atomic E-state index is 0.216. The maximum absolute atomic E-state index is 10.6. The lowest BCUT2D eigenvalue weighted by molar-refractivity contribution is -0.119. The van der Waals surface area contributed by atoms with Gasteiger partial charge in [0.1, 0.15) is 0 Å². The molecule has 0 unspecified atom stereocenters. The van der Waals surface area contributed by atoms with Gasteiger partial charge < -0.3 is 5.32 Å². The predicted molar refractivity (Wildman–Crippen MR) is 36.0 cm³/mol. The van der Waals surface area contributed by atoms with Crippen LogP contribution in [-0.2, 0) is 4.79 Å². The topological polar surface area (TPSA) is 29.1 Å². The van der Waals surface area contributed by atoms with Crippen LogP contribution < -0.4 is 5.32 Å². The molecule has 1 saturated heterocycles. The van der Waals surface area contributed by atoms with Gasteiger partial charge in [0.15, 0.2) is 0 Å². The molecule has 0 radical (unpaired) electrons. The summed E-state index contributed by atoms with van der Waals surface area (Å²) in [5, 5.41) is 2.91. The molecule has 1 atom stereocenters. The van der Waals surface area contributed by atoms with Crippen molar-refractivity contribution in [3.63, 3.8) is 0 Å². The molecule has 0 aromatic heterocycles. The number of hydrogen-bond donors (Lipinski definition) is 1. The Bertz CT molecular complexity index is 120. The second-order valence-corrected chi connectivity index (χ2v) is 2.96. The van der Waals surface area contributed by atoms with Crippen LogP contribution in [0.25, 0.3) is 0 Å². The van der Waals surface area contributed by atoms with Crippen molar-refractivity contribution < 1.29 is 4.79 Å². The molecular formula is C7H13NO. The molecule has 0 aromatic rings. The van der Waals surface area contributed by atoms with E-state index in [9.17, 15) is 4.79 Å². The summed E-state index contributed by atoms with van der Waals surface area (Å²) in [5.41, 5.74) is 0. The van der Waals surface area contributed by atoms with Crippen LogP contribution in [0.2, 0.25) is 0 Å². The molecule has 1 aliphatic heterocycles. The fourth-order valence-electron chi connectivity index (χ4n) is 1.14. The predicted octanol–water partition coefficient (Wildman–Crippen LogP) is 0.921. The molecule has 1 N–H and O–H groups in total. The number of hydrogen-bond acceptors (Lipinski definition) is 1. The van der Waals surface area contributed by atoms with Crippen LogP contribution in [0.3, 0.4) is 0 Å². The summed E-state index contributed by atoms with van der Waals surface area (Å²) >= 11 is 0. The maximum Gasteiger partial charge on any atom is 0.220 e. The fraction of sp³-hybridized carbons (Fsp3) is 0.857. The molecule has 0 spiro atoms. The average molecular weight is 127 g/mol. The maximum atomic E-state index is 10.6. The lowest BCUT2D eigenvalue weighted by Gasteiger charge is -2.12. The van der Waals surface area contributed by atoms with Gasteiger partial charge in [-0.1, -0.05) is 13.8 Å². The molecule has 0 aromatic carbocycles. The number of nitrogens with one attached hydrogen (secondary N) is 1. The Morgan fingerprint density at radius 2 is 2.33 bits per heavy atom. The van der Waals surface area contributed by atoms with Crippen LogP contribution in [0.4, 0.5) is 0 Å². The Kier molecular flexibility index (Phi) is 1.74. The lowest BCUT2D eigenvalue weighted by atomic mass is 10.0. The van der Waals surface area contributed by atoms with Crippen molar-refractivity contribution in [2.45, 2.75) is 32.7 Å².